The standard InChI is InChI=1S/C23H25N3O5S/c1-3-30-23(27)18-11-13-26(14-12-18)32(28,29)20-6-4-5-19(15-20)22-24-21(25-31-22)17-9-7-16(2)8-10-17/h4-10,15,18H,3,11-14H2,1-2H3. The fourth-order valence-electron chi connectivity index (χ4n) is 3.69. The second-order valence-electron chi connectivity index (χ2n) is 7.75. The number of nitrogens with zero attached hydrogens (tertiary/aromatic N) is 3. The number of rotatable bonds is 6. The molecule has 1 fully saturated rings. The molecule has 0 spiro atoms. The van der Waals surface area contributed by atoms with Gasteiger partial charge >= 0.3 is 5.97 Å². The average Bonchev–Trinajstić information content (AvgIpc) is 3.30. The lowest BCUT2D eigenvalue weighted by atomic mass is 9.98. The van der Waals surface area contributed by atoms with Crippen LogP contribution in [0.4, 0.5) is 0 Å². The van der Waals surface area contributed by atoms with Crippen molar-refractivity contribution in [2.45, 2.75) is 31.6 Å². The monoisotopic (exact) mass is 455 g/mol. The highest BCUT2D eigenvalue weighted by molar-refractivity contribution is 7.89. The van der Waals surface area contributed by atoms with E-state index in [9.17, 15) is 13.2 Å². The lowest BCUT2D eigenvalue weighted by Gasteiger charge is -2.30. The van der Waals surface area contributed by atoms with Gasteiger partial charge in [-0.3, -0.25) is 4.79 Å². The van der Waals surface area contributed by atoms with E-state index in [4.69, 9.17) is 9.26 Å². The molecule has 1 aliphatic rings. The first-order chi connectivity index (χ1) is 15.4. The maximum atomic E-state index is 13.2. The number of hydrogen-bond donors (Lipinski definition) is 0. The lowest BCUT2D eigenvalue weighted by molar-refractivity contribution is -0.149. The zero-order chi connectivity index (χ0) is 22.7. The van der Waals surface area contributed by atoms with Gasteiger partial charge in [-0.2, -0.15) is 9.29 Å². The summed E-state index contributed by atoms with van der Waals surface area (Å²) in [5.41, 5.74) is 2.47. The van der Waals surface area contributed by atoms with Gasteiger partial charge in [0.15, 0.2) is 0 Å². The summed E-state index contributed by atoms with van der Waals surface area (Å²) in [4.78, 5) is 16.5. The summed E-state index contributed by atoms with van der Waals surface area (Å²) >= 11 is 0. The van der Waals surface area contributed by atoms with Crippen LogP contribution in [0.3, 0.4) is 0 Å². The van der Waals surface area contributed by atoms with Crippen LogP contribution in [0.1, 0.15) is 25.3 Å². The predicted octanol–water partition coefficient (Wildman–Crippen LogP) is 3.68. The molecule has 3 aromatic rings. The number of aryl methyl sites for hydroxylation is 1. The number of sulfonamides is 1. The van der Waals surface area contributed by atoms with Gasteiger partial charge in [0.1, 0.15) is 0 Å². The molecule has 1 aromatic heterocycles. The molecule has 9 heteroatoms. The largest absolute Gasteiger partial charge is 0.466 e. The van der Waals surface area contributed by atoms with Crippen LogP contribution in [0.25, 0.3) is 22.8 Å². The van der Waals surface area contributed by atoms with Crippen molar-refractivity contribution in [2.75, 3.05) is 19.7 Å². The zero-order valence-electron chi connectivity index (χ0n) is 18.0. The zero-order valence-corrected chi connectivity index (χ0v) is 18.8. The Hall–Kier alpha value is -3.04. The first kappa shape index (κ1) is 22.2. The van der Waals surface area contributed by atoms with Crippen molar-refractivity contribution in [3.63, 3.8) is 0 Å². The van der Waals surface area contributed by atoms with Crippen molar-refractivity contribution in [3.8, 4) is 22.8 Å². The smallest absolute Gasteiger partial charge is 0.309 e. The highest BCUT2D eigenvalue weighted by Gasteiger charge is 2.33. The Morgan fingerprint density at radius 3 is 2.53 bits per heavy atom. The molecule has 168 valence electrons. The van der Waals surface area contributed by atoms with Crippen LogP contribution >= 0.6 is 0 Å². The minimum Gasteiger partial charge on any atom is -0.466 e. The molecule has 2 heterocycles. The van der Waals surface area contributed by atoms with Crippen LogP contribution in [0.2, 0.25) is 0 Å². The molecule has 1 aliphatic heterocycles. The van der Waals surface area contributed by atoms with E-state index in [0.717, 1.165) is 11.1 Å². The van der Waals surface area contributed by atoms with Gasteiger partial charge in [0.05, 0.1) is 17.4 Å². The minimum absolute atomic E-state index is 0.152. The van der Waals surface area contributed by atoms with Gasteiger partial charge in [-0.05, 0) is 44.9 Å². The normalized spacial score (nSPS) is 15.6. The second kappa shape index (κ2) is 9.22. The Balaban J connectivity index is 1.52. The Morgan fingerprint density at radius 1 is 1.12 bits per heavy atom. The number of carbonyl (C=O) groups is 1. The van der Waals surface area contributed by atoms with Crippen LogP contribution in [0.5, 0.6) is 0 Å². The minimum atomic E-state index is -3.71. The third kappa shape index (κ3) is 4.58. The lowest BCUT2D eigenvalue weighted by Crippen LogP contribution is -2.40. The van der Waals surface area contributed by atoms with Crippen molar-refractivity contribution in [3.05, 3.63) is 54.1 Å². The first-order valence-electron chi connectivity index (χ1n) is 10.6. The Morgan fingerprint density at radius 2 is 1.84 bits per heavy atom. The second-order valence-corrected chi connectivity index (χ2v) is 9.69. The van der Waals surface area contributed by atoms with E-state index in [1.807, 2.05) is 31.2 Å². The third-order valence-electron chi connectivity index (χ3n) is 5.53. The average molecular weight is 456 g/mol. The fraction of sp³-hybridized carbons (Fsp3) is 0.348. The number of piperidine rings is 1. The summed E-state index contributed by atoms with van der Waals surface area (Å²) in [6.07, 6.45) is 0.892. The Bertz CT molecular complexity index is 1200. The van der Waals surface area contributed by atoms with Gasteiger partial charge in [0.25, 0.3) is 5.89 Å². The van der Waals surface area contributed by atoms with Crippen molar-refractivity contribution in [2.24, 2.45) is 5.92 Å². The van der Waals surface area contributed by atoms with Crippen LogP contribution < -0.4 is 0 Å². The highest BCUT2D eigenvalue weighted by atomic mass is 32.2. The van der Waals surface area contributed by atoms with Crippen molar-refractivity contribution in [1.82, 2.24) is 14.4 Å². The fourth-order valence-corrected chi connectivity index (χ4v) is 5.21. The summed E-state index contributed by atoms with van der Waals surface area (Å²) in [6.45, 7) is 4.63. The summed E-state index contributed by atoms with van der Waals surface area (Å²) in [5, 5.41) is 4.02. The maximum Gasteiger partial charge on any atom is 0.309 e. The number of benzene rings is 2. The van der Waals surface area contributed by atoms with Gasteiger partial charge in [-0.25, -0.2) is 8.42 Å². The highest BCUT2D eigenvalue weighted by Crippen LogP contribution is 2.28. The van der Waals surface area contributed by atoms with Crippen molar-refractivity contribution < 1.29 is 22.5 Å². The summed E-state index contributed by atoms with van der Waals surface area (Å²) in [5.74, 6) is 0.173. The van der Waals surface area contributed by atoms with E-state index in [1.165, 1.54) is 4.31 Å². The molecule has 4 rings (SSSR count). The number of aromatic nitrogens is 2. The summed E-state index contributed by atoms with van der Waals surface area (Å²) < 4.78 is 38.2. The van der Waals surface area contributed by atoms with E-state index in [0.29, 0.717) is 30.8 Å². The first-order valence-corrected chi connectivity index (χ1v) is 12.0. The molecule has 0 bridgehead atoms. The van der Waals surface area contributed by atoms with E-state index < -0.39 is 10.0 Å². The van der Waals surface area contributed by atoms with Gasteiger partial charge in [-0.15, -0.1) is 0 Å². The molecule has 0 atom stereocenters. The maximum absolute atomic E-state index is 13.2. The van der Waals surface area contributed by atoms with Crippen molar-refractivity contribution in [1.29, 1.82) is 0 Å². The molecule has 0 unspecified atom stereocenters. The predicted molar refractivity (Wildman–Crippen MR) is 118 cm³/mol. The molecular formula is C23H25N3O5S. The topological polar surface area (TPSA) is 103 Å². The van der Waals surface area contributed by atoms with Gasteiger partial charge in [-0.1, -0.05) is 41.1 Å². The van der Waals surface area contributed by atoms with E-state index >= 15 is 0 Å². The molecule has 8 nitrogen and oxygen atoms in total. The van der Waals surface area contributed by atoms with Crippen LogP contribution in [0, 0.1) is 12.8 Å². The van der Waals surface area contributed by atoms with Crippen LogP contribution in [-0.2, 0) is 19.6 Å². The Kier molecular flexibility index (Phi) is 6.38. The van der Waals surface area contributed by atoms with E-state index in [-0.39, 0.29) is 35.8 Å². The Labute approximate surface area is 187 Å². The molecule has 0 N–H and O–H groups in total. The van der Waals surface area contributed by atoms with Gasteiger partial charge in [0.2, 0.25) is 15.8 Å². The number of esters is 1. The number of hydrogen-bond acceptors (Lipinski definition) is 7. The molecule has 0 radical (unpaired) electrons. The molecule has 32 heavy (non-hydrogen) atoms. The number of carbonyl (C=O) groups excluding carboxylic acids is 1. The molecule has 0 saturated carbocycles. The van der Waals surface area contributed by atoms with E-state index in [1.54, 1.807) is 31.2 Å². The molecule has 1 saturated heterocycles. The van der Waals surface area contributed by atoms with Crippen molar-refractivity contribution >= 4 is 16.0 Å². The quantitative estimate of drug-likeness (QED) is 0.523. The third-order valence-corrected chi connectivity index (χ3v) is 7.42. The summed E-state index contributed by atoms with van der Waals surface area (Å²) in [7, 11) is -3.71. The molecule has 0 amide bonds. The SMILES string of the molecule is CCOC(=O)C1CCN(S(=O)(=O)c2cccc(-c3nc(-c4ccc(C)cc4)no3)c2)CC1. The van der Waals surface area contributed by atoms with E-state index in [2.05, 4.69) is 10.1 Å². The summed E-state index contributed by atoms with van der Waals surface area (Å²) in [6, 6.07) is 14.2. The van der Waals surface area contributed by atoms with Gasteiger partial charge < -0.3 is 9.26 Å². The van der Waals surface area contributed by atoms with Crippen LogP contribution in [0.15, 0.2) is 57.9 Å². The van der Waals surface area contributed by atoms with Gasteiger partial charge in [0, 0.05) is 24.2 Å². The molecular weight excluding hydrogens is 430 g/mol. The number of ether oxygens (including phenoxy) is 1. The van der Waals surface area contributed by atoms with Crippen LogP contribution in [-0.4, -0.2) is 48.5 Å². The molecule has 2 aromatic carbocycles. The molecule has 0 aliphatic carbocycles.